The van der Waals surface area contributed by atoms with Gasteiger partial charge >= 0.3 is 160 Å². The Balaban J connectivity index is 2.01. The molecule has 1 aromatic carbocycles. The monoisotopic (exact) mass is 508 g/mol. The fraction of sp³-hybridized carbons (Fsp3) is 0.588. The van der Waals surface area contributed by atoms with E-state index in [9.17, 15) is 9.90 Å². The summed E-state index contributed by atoms with van der Waals surface area (Å²) in [6, 6.07) is 7.43. The van der Waals surface area contributed by atoms with E-state index in [1.165, 1.54) is 0 Å². The topological polar surface area (TPSA) is 65.0 Å². The van der Waals surface area contributed by atoms with Crippen LogP contribution in [0.15, 0.2) is 24.3 Å². The van der Waals surface area contributed by atoms with Crippen molar-refractivity contribution in [1.29, 1.82) is 0 Å². The van der Waals surface area contributed by atoms with Crippen molar-refractivity contribution in [3.05, 3.63) is 24.3 Å². The summed E-state index contributed by atoms with van der Waals surface area (Å²) in [5, 5.41) is 10.6. The summed E-state index contributed by atoms with van der Waals surface area (Å²) in [4.78, 5) is 11.7. The second kappa shape index (κ2) is 9.12. The van der Waals surface area contributed by atoms with Crippen LogP contribution >= 0.6 is 17.9 Å². The number of aliphatic hydroxyl groups is 1. The predicted molar refractivity (Wildman–Crippen MR) is 99.8 cm³/mol. The van der Waals surface area contributed by atoms with Gasteiger partial charge in [-0.05, 0) is 0 Å². The molecule has 2 atom stereocenters. The fourth-order valence-electron chi connectivity index (χ4n) is 2.82. The molecule has 1 aromatic rings. The van der Waals surface area contributed by atoms with Gasteiger partial charge in [0.25, 0.3) is 0 Å². The summed E-state index contributed by atoms with van der Waals surface area (Å²) < 4.78 is 17.3. The van der Waals surface area contributed by atoms with Crippen molar-refractivity contribution in [2.24, 2.45) is 0 Å². The Morgan fingerprint density at radius 3 is 2.68 bits per heavy atom. The molecule has 1 aliphatic heterocycles. The molecule has 0 saturated carbocycles. The number of methoxy groups -OCH3 is 1. The number of benzene rings is 1. The van der Waals surface area contributed by atoms with Gasteiger partial charge in [0, 0.05) is 0 Å². The van der Waals surface area contributed by atoms with Gasteiger partial charge in [0.15, 0.2) is 0 Å². The third kappa shape index (κ3) is 6.16. The van der Waals surface area contributed by atoms with Crippen molar-refractivity contribution in [2.45, 2.75) is 49.0 Å². The third-order valence-electron chi connectivity index (χ3n) is 4.00. The van der Waals surface area contributed by atoms with Crippen molar-refractivity contribution in [3.63, 3.8) is 0 Å². The summed E-state index contributed by atoms with van der Waals surface area (Å²) in [7, 11) is 15.0. The Labute approximate surface area is 159 Å². The van der Waals surface area contributed by atoms with Crippen molar-refractivity contribution in [1.82, 2.24) is 0 Å². The summed E-state index contributed by atoms with van der Waals surface area (Å²) in [5.74, 6) is -1.22. The minimum atomic E-state index is -3.38. The first-order chi connectivity index (χ1) is 11.8. The summed E-state index contributed by atoms with van der Waals surface area (Å²) in [6.45, 7) is 2.00. The number of esters is 1. The Morgan fingerprint density at radius 1 is 1.40 bits per heavy atom. The number of hydrogen-bond acceptors (Lipinski definition) is 5. The maximum atomic E-state index is 11.7. The number of carbonyl (C=O) groups is 1. The Bertz CT molecular complexity index is 581. The first kappa shape index (κ1) is 21.1. The molecule has 2 rings (SSSR count). The standard InChI is InChI=1S/C17H24Cl2O5Te/c1-3-23-16(20)11-17(21)10-4-5-14(24-17)12-25(18,19)15-8-6-13(22-2)7-9-15/h6-9,14,21H,3-5,10-12H2,1-2H3. The van der Waals surface area contributed by atoms with Gasteiger partial charge in [0.1, 0.15) is 0 Å². The average Bonchev–Trinajstić information content (AvgIpc) is 2.54. The first-order valence-electron chi connectivity index (χ1n) is 8.18. The zero-order valence-corrected chi connectivity index (χ0v) is 18.2. The van der Waals surface area contributed by atoms with Crippen LogP contribution in [0.25, 0.3) is 0 Å². The number of ether oxygens (including phenoxy) is 3. The fourth-order valence-corrected chi connectivity index (χ4v) is 10.2. The van der Waals surface area contributed by atoms with Crippen LogP contribution in [0.2, 0.25) is 4.47 Å². The van der Waals surface area contributed by atoms with Crippen LogP contribution in [-0.2, 0) is 14.3 Å². The van der Waals surface area contributed by atoms with Crippen LogP contribution in [0.3, 0.4) is 0 Å². The van der Waals surface area contributed by atoms with Crippen molar-refractivity contribution >= 4 is 43.4 Å². The Kier molecular flexibility index (Phi) is 7.69. The van der Waals surface area contributed by atoms with Crippen LogP contribution in [0, 0.1) is 0 Å². The second-order valence-corrected chi connectivity index (χ2v) is 19.7. The summed E-state index contributed by atoms with van der Waals surface area (Å²) in [5.41, 5.74) is 0. The molecular weight excluding hydrogens is 483 g/mol. The molecule has 1 saturated heterocycles. The van der Waals surface area contributed by atoms with Gasteiger partial charge in [-0.15, -0.1) is 0 Å². The van der Waals surface area contributed by atoms with Crippen LogP contribution in [0.5, 0.6) is 5.75 Å². The van der Waals surface area contributed by atoms with E-state index in [0.717, 1.165) is 22.2 Å². The molecule has 0 spiro atoms. The van der Waals surface area contributed by atoms with E-state index in [2.05, 4.69) is 0 Å². The molecule has 0 aliphatic carbocycles. The molecule has 1 N–H and O–H groups in total. The zero-order valence-electron chi connectivity index (χ0n) is 14.4. The molecule has 0 amide bonds. The molecular formula is C17H24Cl2O5Te. The molecule has 0 aromatic heterocycles. The number of rotatable bonds is 7. The van der Waals surface area contributed by atoms with Crippen LogP contribution in [0.4, 0.5) is 0 Å². The van der Waals surface area contributed by atoms with E-state index in [1.807, 2.05) is 24.3 Å². The van der Waals surface area contributed by atoms with Crippen molar-refractivity contribution in [2.75, 3.05) is 13.7 Å². The third-order valence-corrected chi connectivity index (χ3v) is 13.1. The van der Waals surface area contributed by atoms with E-state index >= 15 is 0 Å². The minimum absolute atomic E-state index is 0.176. The predicted octanol–water partition coefficient (Wildman–Crippen LogP) is 3.03. The van der Waals surface area contributed by atoms with Crippen LogP contribution in [0.1, 0.15) is 32.6 Å². The molecule has 0 radical (unpaired) electrons. The van der Waals surface area contributed by atoms with Crippen molar-refractivity contribution in [3.8, 4) is 5.75 Å². The SMILES string of the molecule is CCOC(=O)CC1(O)CCCC(C[Te](Cl)(Cl)c2ccc(OC)cc2)O1. The molecule has 0 bridgehead atoms. The maximum absolute atomic E-state index is 11.7. The molecule has 1 aliphatic rings. The Hall–Kier alpha value is -0.220. The second-order valence-electron chi connectivity index (χ2n) is 5.98. The molecule has 8 heteroatoms. The molecule has 1 heterocycles. The van der Waals surface area contributed by atoms with Gasteiger partial charge in [-0.25, -0.2) is 0 Å². The quantitative estimate of drug-likeness (QED) is 0.455. The van der Waals surface area contributed by atoms with E-state index in [-0.39, 0.29) is 19.1 Å². The first-order valence-corrected chi connectivity index (χ1v) is 16.9. The van der Waals surface area contributed by atoms with Gasteiger partial charge in [-0.1, -0.05) is 0 Å². The van der Waals surface area contributed by atoms with E-state index in [4.69, 9.17) is 32.1 Å². The normalized spacial score (nSPS) is 24.6. The van der Waals surface area contributed by atoms with Gasteiger partial charge in [0.2, 0.25) is 0 Å². The molecule has 1 fully saturated rings. The number of halogens is 2. The molecule has 5 nitrogen and oxygen atoms in total. The number of carbonyl (C=O) groups excluding carboxylic acids is 1. The number of hydrogen-bond donors (Lipinski definition) is 1. The van der Waals surface area contributed by atoms with E-state index in [1.54, 1.807) is 14.0 Å². The van der Waals surface area contributed by atoms with Crippen LogP contribution in [-0.4, -0.2) is 52.6 Å². The van der Waals surface area contributed by atoms with E-state index in [0.29, 0.717) is 10.9 Å². The van der Waals surface area contributed by atoms with Crippen LogP contribution < -0.4 is 8.35 Å². The Morgan fingerprint density at radius 2 is 2.08 bits per heavy atom. The van der Waals surface area contributed by atoms with Gasteiger partial charge in [-0.3, -0.25) is 0 Å². The molecule has 142 valence electrons. The van der Waals surface area contributed by atoms with Crippen molar-refractivity contribution < 1.29 is 24.1 Å². The molecule has 2 unspecified atom stereocenters. The van der Waals surface area contributed by atoms with Gasteiger partial charge in [0.05, 0.1) is 0 Å². The molecule has 25 heavy (non-hydrogen) atoms. The summed E-state index contributed by atoms with van der Waals surface area (Å²) >= 11 is -3.38. The van der Waals surface area contributed by atoms with Gasteiger partial charge < -0.3 is 0 Å². The average molecular weight is 507 g/mol. The van der Waals surface area contributed by atoms with Gasteiger partial charge in [-0.2, -0.15) is 0 Å². The summed E-state index contributed by atoms with van der Waals surface area (Å²) in [6.07, 6.45) is 1.45. The zero-order chi connectivity index (χ0) is 18.5. The van der Waals surface area contributed by atoms with E-state index < -0.39 is 27.7 Å².